The fourth-order valence-electron chi connectivity index (χ4n) is 3.65. The zero-order valence-electron chi connectivity index (χ0n) is 19.5. The second kappa shape index (κ2) is 11.7. The van der Waals surface area contributed by atoms with Crippen molar-refractivity contribution < 1.29 is 20.1 Å². The first kappa shape index (κ1) is 25.3. The van der Waals surface area contributed by atoms with Gasteiger partial charge in [-0.1, -0.05) is 30.3 Å². The molecule has 2 heterocycles. The number of hydrogen-bond donors (Lipinski definition) is 5. The molecule has 2 aromatic heterocycles. The summed E-state index contributed by atoms with van der Waals surface area (Å²) in [4.78, 5) is 20.7. The van der Waals surface area contributed by atoms with Gasteiger partial charge in [0.2, 0.25) is 5.91 Å². The number of nitrogens with one attached hydrogen (secondary N) is 2. The van der Waals surface area contributed by atoms with Gasteiger partial charge in [-0.2, -0.15) is 0 Å². The molecule has 1 atom stereocenters. The van der Waals surface area contributed by atoms with Crippen molar-refractivity contribution in [1.29, 1.82) is 0 Å². The van der Waals surface area contributed by atoms with Crippen LogP contribution in [-0.2, 0) is 30.8 Å². The zero-order valence-corrected chi connectivity index (χ0v) is 19.5. The fourth-order valence-corrected chi connectivity index (χ4v) is 3.65. The van der Waals surface area contributed by atoms with E-state index in [0.717, 1.165) is 16.8 Å². The van der Waals surface area contributed by atoms with Gasteiger partial charge in [-0.25, -0.2) is 4.98 Å². The molecular formula is C26H32N4O4. The number of aromatic nitrogens is 2. The molecule has 0 saturated carbocycles. The average molecular weight is 465 g/mol. The van der Waals surface area contributed by atoms with Gasteiger partial charge in [0.1, 0.15) is 17.5 Å². The maximum Gasteiger partial charge on any atom is 0.224 e. The smallest absolute Gasteiger partial charge is 0.224 e. The van der Waals surface area contributed by atoms with E-state index in [2.05, 4.69) is 20.6 Å². The van der Waals surface area contributed by atoms with Crippen molar-refractivity contribution >= 4 is 5.91 Å². The van der Waals surface area contributed by atoms with E-state index in [1.165, 1.54) is 12.1 Å². The molecule has 0 spiro atoms. The summed E-state index contributed by atoms with van der Waals surface area (Å²) in [6, 6.07) is 16.5. The van der Waals surface area contributed by atoms with Gasteiger partial charge in [-0.3, -0.25) is 9.78 Å². The molecule has 8 heteroatoms. The number of aliphatic hydroxyl groups excluding tert-OH is 2. The second-order valence-electron chi connectivity index (χ2n) is 8.91. The maximum atomic E-state index is 12.3. The van der Waals surface area contributed by atoms with Crippen LogP contribution in [0.3, 0.4) is 0 Å². The molecular weight excluding hydrogens is 432 g/mol. The summed E-state index contributed by atoms with van der Waals surface area (Å²) in [7, 11) is 0. The third kappa shape index (κ3) is 7.62. The van der Waals surface area contributed by atoms with Crippen LogP contribution in [0.4, 0.5) is 0 Å². The first-order chi connectivity index (χ1) is 16.3. The molecule has 0 aliphatic rings. The third-order valence-electron chi connectivity index (χ3n) is 5.43. The Kier molecular flexibility index (Phi) is 8.70. The van der Waals surface area contributed by atoms with Crippen molar-refractivity contribution in [2.45, 2.75) is 51.5 Å². The van der Waals surface area contributed by atoms with Gasteiger partial charge in [0, 0.05) is 18.3 Å². The van der Waals surface area contributed by atoms with E-state index in [4.69, 9.17) is 0 Å². The van der Waals surface area contributed by atoms with E-state index in [-0.39, 0.29) is 35.9 Å². The van der Waals surface area contributed by atoms with Gasteiger partial charge < -0.3 is 26.0 Å². The van der Waals surface area contributed by atoms with Crippen LogP contribution in [0, 0.1) is 0 Å². The molecule has 1 unspecified atom stereocenters. The minimum atomic E-state index is -0.890. The number of aliphatic hydroxyl groups is 2. The number of pyridine rings is 2. The third-order valence-corrected chi connectivity index (χ3v) is 5.43. The number of β-amino-alcohol motifs (C(OH)–C–C–N with tert-alkyl or cyclic N) is 1. The number of carbonyl (C=O) groups is 1. The Hall–Kier alpha value is -3.33. The van der Waals surface area contributed by atoms with Crippen LogP contribution >= 0.6 is 0 Å². The highest BCUT2D eigenvalue weighted by molar-refractivity contribution is 5.78. The molecule has 5 N–H and O–H groups in total. The lowest BCUT2D eigenvalue weighted by Crippen LogP contribution is -2.43. The molecule has 0 fully saturated rings. The molecule has 1 aromatic carbocycles. The van der Waals surface area contributed by atoms with Crippen LogP contribution < -0.4 is 10.6 Å². The van der Waals surface area contributed by atoms with Gasteiger partial charge >= 0.3 is 0 Å². The maximum absolute atomic E-state index is 12.3. The van der Waals surface area contributed by atoms with Crippen molar-refractivity contribution in [1.82, 2.24) is 20.6 Å². The number of benzene rings is 1. The highest BCUT2D eigenvalue weighted by Gasteiger charge is 2.21. The first-order valence-corrected chi connectivity index (χ1v) is 11.2. The van der Waals surface area contributed by atoms with E-state index in [9.17, 15) is 20.1 Å². The summed E-state index contributed by atoms with van der Waals surface area (Å²) in [5.41, 5.74) is 3.00. The predicted octanol–water partition coefficient (Wildman–Crippen LogP) is 2.18. The molecule has 0 bridgehead atoms. The number of rotatable bonds is 11. The van der Waals surface area contributed by atoms with Crippen molar-refractivity contribution in [2.24, 2.45) is 0 Å². The number of aromatic hydroxyl groups is 1. The van der Waals surface area contributed by atoms with Crippen molar-refractivity contribution in [3.8, 4) is 5.75 Å². The van der Waals surface area contributed by atoms with Crippen LogP contribution in [0.25, 0.3) is 0 Å². The SMILES string of the molecule is CC(C)(Cc1cccc(CC(=O)NCc2ccccn2)c1)NCC(O)c1ccc(O)c(CO)n1. The van der Waals surface area contributed by atoms with E-state index in [1.54, 1.807) is 6.20 Å². The number of amides is 1. The minimum Gasteiger partial charge on any atom is -0.506 e. The molecule has 0 aliphatic heterocycles. The first-order valence-electron chi connectivity index (χ1n) is 11.2. The van der Waals surface area contributed by atoms with Gasteiger partial charge in [-0.15, -0.1) is 0 Å². The van der Waals surface area contributed by atoms with Gasteiger partial charge in [-0.05, 0) is 55.7 Å². The lowest BCUT2D eigenvalue weighted by atomic mass is 9.93. The van der Waals surface area contributed by atoms with Crippen molar-refractivity contribution in [2.75, 3.05) is 6.54 Å². The molecule has 0 aliphatic carbocycles. The number of hydrogen-bond acceptors (Lipinski definition) is 7. The summed E-state index contributed by atoms with van der Waals surface area (Å²) < 4.78 is 0. The number of carbonyl (C=O) groups excluding carboxylic acids is 1. The Labute approximate surface area is 199 Å². The topological polar surface area (TPSA) is 128 Å². The quantitative estimate of drug-likeness (QED) is 0.294. The molecule has 3 rings (SSSR count). The van der Waals surface area contributed by atoms with Crippen molar-refractivity contribution in [3.63, 3.8) is 0 Å². The summed E-state index contributed by atoms with van der Waals surface area (Å²) in [5.74, 6) is -0.163. The van der Waals surface area contributed by atoms with Crippen LogP contribution in [0.15, 0.2) is 60.8 Å². The van der Waals surface area contributed by atoms with Crippen LogP contribution in [0.1, 0.15) is 48.2 Å². The van der Waals surface area contributed by atoms with E-state index in [0.29, 0.717) is 18.7 Å². The summed E-state index contributed by atoms with van der Waals surface area (Å²) in [5, 5.41) is 35.7. The Morgan fingerprint density at radius 2 is 1.88 bits per heavy atom. The molecule has 1 amide bonds. The lowest BCUT2D eigenvalue weighted by molar-refractivity contribution is -0.120. The Morgan fingerprint density at radius 1 is 1.09 bits per heavy atom. The lowest BCUT2D eigenvalue weighted by Gasteiger charge is -2.28. The van der Waals surface area contributed by atoms with Gasteiger partial charge in [0.05, 0.1) is 31.0 Å². The van der Waals surface area contributed by atoms with E-state index < -0.39 is 12.7 Å². The minimum absolute atomic E-state index is 0.0630. The standard InChI is InChI=1S/C26H32N4O4/c1-26(2,29-16-24(33)21-9-10-23(32)22(17-31)30-21)14-19-7-5-6-18(12-19)13-25(34)28-15-20-8-3-4-11-27-20/h3-12,24,29,31-33H,13-17H2,1-2H3,(H,28,34). The second-order valence-corrected chi connectivity index (χ2v) is 8.91. The van der Waals surface area contributed by atoms with Crippen molar-refractivity contribution in [3.05, 3.63) is 89.0 Å². The zero-order chi connectivity index (χ0) is 24.6. The van der Waals surface area contributed by atoms with E-state index >= 15 is 0 Å². The van der Waals surface area contributed by atoms with Crippen LogP contribution in [-0.4, -0.2) is 43.3 Å². The summed E-state index contributed by atoms with van der Waals surface area (Å²) >= 11 is 0. The number of nitrogens with zero attached hydrogens (tertiary/aromatic N) is 2. The van der Waals surface area contributed by atoms with Crippen LogP contribution in [0.5, 0.6) is 5.75 Å². The fraction of sp³-hybridized carbons (Fsp3) is 0.346. The monoisotopic (exact) mass is 464 g/mol. The Bertz CT molecular complexity index is 1090. The van der Waals surface area contributed by atoms with Crippen LogP contribution in [0.2, 0.25) is 0 Å². The summed E-state index contributed by atoms with van der Waals surface area (Å²) in [6.07, 6.45) is 1.79. The molecule has 8 nitrogen and oxygen atoms in total. The van der Waals surface area contributed by atoms with Gasteiger partial charge in [0.15, 0.2) is 0 Å². The average Bonchev–Trinajstić information content (AvgIpc) is 2.82. The molecule has 180 valence electrons. The predicted molar refractivity (Wildman–Crippen MR) is 129 cm³/mol. The van der Waals surface area contributed by atoms with E-state index in [1.807, 2.05) is 56.3 Å². The Morgan fingerprint density at radius 3 is 2.62 bits per heavy atom. The largest absolute Gasteiger partial charge is 0.506 e. The molecule has 3 aromatic rings. The molecule has 0 radical (unpaired) electrons. The molecule has 0 saturated heterocycles. The molecule has 34 heavy (non-hydrogen) atoms. The summed E-state index contributed by atoms with van der Waals surface area (Å²) in [6.45, 7) is 4.33. The van der Waals surface area contributed by atoms with Gasteiger partial charge in [0.25, 0.3) is 0 Å². The normalized spacial score (nSPS) is 12.4. The highest BCUT2D eigenvalue weighted by Crippen LogP contribution is 2.20. The highest BCUT2D eigenvalue weighted by atomic mass is 16.3. The Balaban J connectivity index is 1.53.